The summed E-state index contributed by atoms with van der Waals surface area (Å²) in [5.74, 6) is -1.56. The number of carboxylic acids is 1. The van der Waals surface area contributed by atoms with Gasteiger partial charge in [-0.15, -0.1) is 0 Å². The van der Waals surface area contributed by atoms with E-state index in [-0.39, 0.29) is 6.42 Å². The molecule has 3 rings (SSSR count). The van der Waals surface area contributed by atoms with Crippen LogP contribution in [0.1, 0.15) is 27.3 Å². The summed E-state index contributed by atoms with van der Waals surface area (Å²) in [5, 5.41) is 12.0. The SMILES string of the molecule is Cc1nc2ccc(C(=O)N[C@@H](Cc3ccncc3)C(=O)O)cc2nc1C. The third-order valence-corrected chi connectivity index (χ3v) is 4.13. The van der Waals surface area contributed by atoms with Gasteiger partial charge in [-0.1, -0.05) is 0 Å². The number of amides is 1. The van der Waals surface area contributed by atoms with Crippen LogP contribution in [-0.2, 0) is 11.2 Å². The zero-order valence-electron chi connectivity index (χ0n) is 14.4. The minimum Gasteiger partial charge on any atom is -0.480 e. The van der Waals surface area contributed by atoms with Gasteiger partial charge in [0, 0.05) is 24.4 Å². The molecule has 0 aliphatic rings. The van der Waals surface area contributed by atoms with E-state index in [9.17, 15) is 14.7 Å². The van der Waals surface area contributed by atoms with E-state index in [1.54, 1.807) is 42.7 Å². The molecule has 7 nitrogen and oxygen atoms in total. The quantitative estimate of drug-likeness (QED) is 0.730. The Hall–Kier alpha value is -3.35. The smallest absolute Gasteiger partial charge is 0.326 e. The Bertz CT molecular complexity index is 973. The van der Waals surface area contributed by atoms with E-state index in [1.807, 2.05) is 13.8 Å². The summed E-state index contributed by atoms with van der Waals surface area (Å²) in [7, 11) is 0. The van der Waals surface area contributed by atoms with Crippen LogP contribution in [0.25, 0.3) is 11.0 Å². The highest BCUT2D eigenvalue weighted by Gasteiger charge is 2.21. The molecule has 0 bridgehead atoms. The Morgan fingerprint density at radius 1 is 1.04 bits per heavy atom. The predicted molar refractivity (Wildman–Crippen MR) is 95.8 cm³/mol. The van der Waals surface area contributed by atoms with Crippen molar-refractivity contribution in [1.29, 1.82) is 0 Å². The van der Waals surface area contributed by atoms with Crippen molar-refractivity contribution in [2.45, 2.75) is 26.3 Å². The Balaban J connectivity index is 1.82. The third kappa shape index (κ3) is 3.83. The second kappa shape index (κ2) is 7.26. The van der Waals surface area contributed by atoms with E-state index in [0.29, 0.717) is 16.6 Å². The van der Waals surface area contributed by atoms with Gasteiger partial charge in [0.05, 0.1) is 22.4 Å². The molecule has 0 saturated heterocycles. The molecule has 26 heavy (non-hydrogen) atoms. The molecule has 1 aromatic carbocycles. The minimum atomic E-state index is -1.10. The number of nitrogens with zero attached hydrogens (tertiary/aromatic N) is 3. The standard InChI is InChI=1S/C19H18N4O3/c1-11-12(2)22-16-10-14(3-4-15(16)21-11)18(24)23-17(19(25)26)9-13-5-7-20-8-6-13/h3-8,10,17H,9H2,1-2H3,(H,23,24)(H,25,26)/t17-/m0/s1. The van der Waals surface area contributed by atoms with E-state index in [1.165, 1.54) is 0 Å². The number of rotatable bonds is 5. The average molecular weight is 350 g/mol. The lowest BCUT2D eigenvalue weighted by molar-refractivity contribution is -0.139. The third-order valence-electron chi connectivity index (χ3n) is 4.13. The molecule has 0 radical (unpaired) electrons. The van der Waals surface area contributed by atoms with Crippen LogP contribution in [0.3, 0.4) is 0 Å². The fourth-order valence-electron chi connectivity index (χ4n) is 2.57. The Morgan fingerprint density at radius 3 is 2.35 bits per heavy atom. The molecule has 7 heteroatoms. The lowest BCUT2D eigenvalue weighted by atomic mass is 10.1. The molecular weight excluding hydrogens is 332 g/mol. The molecule has 0 unspecified atom stereocenters. The van der Waals surface area contributed by atoms with E-state index in [2.05, 4.69) is 20.3 Å². The summed E-state index contributed by atoms with van der Waals surface area (Å²) in [5.41, 5.74) is 4.03. The monoisotopic (exact) mass is 350 g/mol. The van der Waals surface area contributed by atoms with Crippen LogP contribution in [-0.4, -0.2) is 38.0 Å². The maximum absolute atomic E-state index is 12.5. The molecular formula is C19H18N4O3. The van der Waals surface area contributed by atoms with Gasteiger partial charge in [0.2, 0.25) is 0 Å². The number of fused-ring (bicyclic) bond motifs is 1. The number of carboxylic acid groups (broad SMARTS) is 1. The lowest BCUT2D eigenvalue weighted by Gasteiger charge is -2.15. The fourth-order valence-corrected chi connectivity index (χ4v) is 2.57. The molecule has 1 atom stereocenters. The summed E-state index contributed by atoms with van der Waals surface area (Å²) in [6.07, 6.45) is 3.35. The fraction of sp³-hybridized carbons (Fsp3) is 0.211. The second-order valence-electron chi connectivity index (χ2n) is 6.02. The molecule has 2 aromatic heterocycles. The van der Waals surface area contributed by atoms with Crippen molar-refractivity contribution in [3.63, 3.8) is 0 Å². The van der Waals surface area contributed by atoms with Gasteiger partial charge in [0.15, 0.2) is 0 Å². The molecule has 132 valence electrons. The number of nitrogens with one attached hydrogen (secondary N) is 1. The van der Waals surface area contributed by atoms with E-state index in [0.717, 1.165) is 17.0 Å². The molecule has 0 saturated carbocycles. The molecule has 0 fully saturated rings. The van der Waals surface area contributed by atoms with Gasteiger partial charge in [-0.3, -0.25) is 9.78 Å². The van der Waals surface area contributed by atoms with Crippen molar-refractivity contribution < 1.29 is 14.7 Å². The normalized spacial score (nSPS) is 11.9. The number of hydrogen-bond donors (Lipinski definition) is 2. The van der Waals surface area contributed by atoms with Crippen molar-refractivity contribution >= 4 is 22.9 Å². The number of aliphatic carboxylic acids is 1. The van der Waals surface area contributed by atoms with Crippen molar-refractivity contribution in [1.82, 2.24) is 20.3 Å². The maximum Gasteiger partial charge on any atom is 0.326 e. The number of carbonyl (C=O) groups is 2. The number of benzene rings is 1. The van der Waals surface area contributed by atoms with Crippen LogP contribution in [0.15, 0.2) is 42.7 Å². The predicted octanol–water partition coefficient (Wildman–Crippen LogP) is 2.07. The largest absolute Gasteiger partial charge is 0.480 e. The van der Waals surface area contributed by atoms with Gasteiger partial charge in [-0.05, 0) is 49.7 Å². The van der Waals surface area contributed by atoms with Crippen LogP contribution < -0.4 is 5.32 Å². The van der Waals surface area contributed by atoms with Crippen molar-refractivity contribution in [2.24, 2.45) is 0 Å². The zero-order valence-corrected chi connectivity index (χ0v) is 14.4. The first-order valence-corrected chi connectivity index (χ1v) is 8.11. The van der Waals surface area contributed by atoms with Gasteiger partial charge in [0.25, 0.3) is 5.91 Å². The molecule has 3 aromatic rings. The molecule has 2 heterocycles. The van der Waals surface area contributed by atoms with Crippen molar-refractivity contribution in [3.05, 3.63) is 65.2 Å². The van der Waals surface area contributed by atoms with Crippen molar-refractivity contribution in [3.8, 4) is 0 Å². The van der Waals surface area contributed by atoms with Crippen LogP contribution in [0.2, 0.25) is 0 Å². The van der Waals surface area contributed by atoms with Crippen LogP contribution >= 0.6 is 0 Å². The Kier molecular flexibility index (Phi) is 4.88. The van der Waals surface area contributed by atoms with Gasteiger partial charge < -0.3 is 10.4 Å². The van der Waals surface area contributed by atoms with Crippen LogP contribution in [0.4, 0.5) is 0 Å². The van der Waals surface area contributed by atoms with E-state index >= 15 is 0 Å². The maximum atomic E-state index is 12.5. The zero-order chi connectivity index (χ0) is 18.7. The molecule has 1 amide bonds. The number of aryl methyl sites for hydroxylation is 2. The molecule has 0 spiro atoms. The van der Waals surface area contributed by atoms with Crippen molar-refractivity contribution in [2.75, 3.05) is 0 Å². The number of carbonyl (C=O) groups excluding carboxylic acids is 1. The van der Waals surface area contributed by atoms with Crippen LogP contribution in [0.5, 0.6) is 0 Å². The Morgan fingerprint density at radius 2 is 1.69 bits per heavy atom. The highest BCUT2D eigenvalue weighted by atomic mass is 16.4. The number of aromatic nitrogens is 3. The minimum absolute atomic E-state index is 0.176. The van der Waals surface area contributed by atoms with E-state index in [4.69, 9.17) is 0 Å². The number of hydrogen-bond acceptors (Lipinski definition) is 5. The highest BCUT2D eigenvalue weighted by molar-refractivity contribution is 5.99. The summed E-state index contributed by atoms with van der Waals surface area (Å²) in [4.78, 5) is 36.8. The summed E-state index contributed by atoms with van der Waals surface area (Å²) in [6, 6.07) is 7.36. The molecule has 2 N–H and O–H groups in total. The lowest BCUT2D eigenvalue weighted by Crippen LogP contribution is -2.42. The summed E-state index contributed by atoms with van der Waals surface area (Å²) < 4.78 is 0. The van der Waals surface area contributed by atoms with Gasteiger partial charge in [-0.25, -0.2) is 14.8 Å². The first-order valence-electron chi connectivity index (χ1n) is 8.11. The topological polar surface area (TPSA) is 105 Å². The number of pyridine rings is 1. The molecule has 0 aliphatic heterocycles. The second-order valence-corrected chi connectivity index (χ2v) is 6.02. The van der Waals surface area contributed by atoms with E-state index < -0.39 is 17.9 Å². The summed E-state index contributed by atoms with van der Waals surface area (Å²) in [6.45, 7) is 3.72. The molecule has 0 aliphatic carbocycles. The van der Waals surface area contributed by atoms with Gasteiger partial charge in [0.1, 0.15) is 6.04 Å². The van der Waals surface area contributed by atoms with Crippen LogP contribution in [0, 0.1) is 13.8 Å². The summed E-state index contributed by atoms with van der Waals surface area (Å²) >= 11 is 0. The first kappa shape index (κ1) is 17.5. The van der Waals surface area contributed by atoms with Gasteiger partial charge in [-0.2, -0.15) is 0 Å². The average Bonchev–Trinajstić information content (AvgIpc) is 2.62. The first-order chi connectivity index (χ1) is 12.4. The Labute approximate surface area is 150 Å². The van der Waals surface area contributed by atoms with Gasteiger partial charge >= 0.3 is 5.97 Å². The highest BCUT2D eigenvalue weighted by Crippen LogP contribution is 2.15.